The van der Waals surface area contributed by atoms with E-state index >= 15 is 0 Å². The standard InChI is InChI=1S/C8H10N4O/c1-6-4-7(5-10)12-8(11-6)13-3-2-9/h4H,2-3,9H2,1H3. The number of nitrogens with two attached hydrogens (primary N) is 1. The number of hydrogen-bond acceptors (Lipinski definition) is 5. The molecule has 0 amide bonds. The molecule has 1 aromatic heterocycles. The number of aromatic nitrogens is 2. The van der Waals surface area contributed by atoms with Crippen LogP contribution >= 0.6 is 0 Å². The SMILES string of the molecule is Cc1cc(C#N)nc(OCCN)n1. The van der Waals surface area contributed by atoms with Crippen molar-refractivity contribution < 1.29 is 4.74 Å². The lowest BCUT2D eigenvalue weighted by Crippen LogP contribution is -2.12. The van der Waals surface area contributed by atoms with Crippen LogP contribution in [0.25, 0.3) is 0 Å². The van der Waals surface area contributed by atoms with E-state index in [0.717, 1.165) is 0 Å². The minimum absolute atomic E-state index is 0.210. The second-order valence-corrected chi connectivity index (χ2v) is 2.43. The summed E-state index contributed by atoms with van der Waals surface area (Å²) in [7, 11) is 0. The molecule has 5 heteroatoms. The molecule has 0 saturated heterocycles. The molecule has 0 aromatic carbocycles. The minimum Gasteiger partial charge on any atom is -0.462 e. The molecule has 0 bridgehead atoms. The van der Waals surface area contributed by atoms with Gasteiger partial charge in [0, 0.05) is 12.2 Å². The fourth-order valence-electron chi connectivity index (χ4n) is 0.813. The summed E-state index contributed by atoms with van der Waals surface area (Å²) in [6.45, 7) is 2.53. The van der Waals surface area contributed by atoms with Gasteiger partial charge in [-0.1, -0.05) is 0 Å². The number of aryl methyl sites for hydroxylation is 1. The molecule has 68 valence electrons. The van der Waals surface area contributed by atoms with Crippen molar-refractivity contribution in [1.82, 2.24) is 9.97 Å². The van der Waals surface area contributed by atoms with Crippen molar-refractivity contribution in [3.63, 3.8) is 0 Å². The Hall–Kier alpha value is -1.67. The molecule has 0 unspecified atom stereocenters. The lowest BCUT2D eigenvalue weighted by atomic mass is 10.3. The molecule has 0 saturated carbocycles. The Morgan fingerprint density at radius 3 is 3.00 bits per heavy atom. The van der Waals surface area contributed by atoms with Crippen LogP contribution in [0.15, 0.2) is 6.07 Å². The maximum absolute atomic E-state index is 8.59. The van der Waals surface area contributed by atoms with Crippen LogP contribution in [0.3, 0.4) is 0 Å². The van der Waals surface area contributed by atoms with Crippen LogP contribution in [-0.4, -0.2) is 23.1 Å². The maximum atomic E-state index is 8.59. The van der Waals surface area contributed by atoms with E-state index in [1.54, 1.807) is 13.0 Å². The molecule has 0 atom stereocenters. The van der Waals surface area contributed by atoms with Gasteiger partial charge in [-0.2, -0.15) is 10.2 Å². The van der Waals surface area contributed by atoms with E-state index in [4.69, 9.17) is 15.7 Å². The Kier molecular flexibility index (Phi) is 3.17. The molecule has 2 N–H and O–H groups in total. The van der Waals surface area contributed by atoms with E-state index in [0.29, 0.717) is 24.5 Å². The largest absolute Gasteiger partial charge is 0.462 e. The number of nitrogens with zero attached hydrogens (tertiary/aromatic N) is 3. The second kappa shape index (κ2) is 4.38. The van der Waals surface area contributed by atoms with Crippen LogP contribution in [0.1, 0.15) is 11.4 Å². The van der Waals surface area contributed by atoms with E-state index in [1.807, 2.05) is 6.07 Å². The number of hydrogen-bond donors (Lipinski definition) is 1. The van der Waals surface area contributed by atoms with Gasteiger partial charge in [0.25, 0.3) is 0 Å². The van der Waals surface area contributed by atoms with Crippen LogP contribution in [0.4, 0.5) is 0 Å². The average Bonchev–Trinajstić information content (AvgIpc) is 2.14. The first-order valence-electron chi connectivity index (χ1n) is 3.85. The predicted octanol–water partition coefficient (Wildman–Crippen LogP) is -0.00580. The van der Waals surface area contributed by atoms with Crippen molar-refractivity contribution >= 4 is 0 Å². The predicted molar refractivity (Wildman–Crippen MR) is 46.0 cm³/mol. The normalized spacial score (nSPS) is 9.31. The van der Waals surface area contributed by atoms with Crippen LogP contribution < -0.4 is 10.5 Å². The van der Waals surface area contributed by atoms with Crippen molar-refractivity contribution in [2.45, 2.75) is 6.92 Å². The van der Waals surface area contributed by atoms with Gasteiger partial charge < -0.3 is 10.5 Å². The van der Waals surface area contributed by atoms with Crippen molar-refractivity contribution in [3.8, 4) is 12.1 Å². The quantitative estimate of drug-likeness (QED) is 0.703. The fraction of sp³-hybridized carbons (Fsp3) is 0.375. The second-order valence-electron chi connectivity index (χ2n) is 2.43. The summed E-state index contributed by atoms with van der Waals surface area (Å²) in [6.07, 6.45) is 0. The molecule has 13 heavy (non-hydrogen) atoms. The van der Waals surface area contributed by atoms with Gasteiger partial charge in [-0.25, -0.2) is 4.98 Å². The van der Waals surface area contributed by atoms with Crippen LogP contribution in [0.2, 0.25) is 0 Å². The van der Waals surface area contributed by atoms with E-state index in [1.165, 1.54) is 0 Å². The molecule has 0 aliphatic heterocycles. The molecule has 0 spiro atoms. The van der Waals surface area contributed by atoms with Gasteiger partial charge in [-0.3, -0.25) is 0 Å². The molecule has 1 aromatic rings. The van der Waals surface area contributed by atoms with E-state index in [2.05, 4.69) is 9.97 Å². The van der Waals surface area contributed by atoms with Crippen molar-refractivity contribution in [2.75, 3.05) is 13.2 Å². The zero-order chi connectivity index (χ0) is 9.68. The molecule has 1 rings (SSSR count). The summed E-state index contributed by atoms with van der Waals surface area (Å²) in [5, 5.41) is 8.59. The van der Waals surface area contributed by atoms with Gasteiger partial charge in [0.05, 0.1) is 0 Å². The third-order valence-electron chi connectivity index (χ3n) is 1.30. The lowest BCUT2D eigenvalue weighted by molar-refractivity contribution is 0.301. The first kappa shape index (κ1) is 9.42. The monoisotopic (exact) mass is 178 g/mol. The number of rotatable bonds is 3. The highest BCUT2D eigenvalue weighted by molar-refractivity contribution is 5.23. The van der Waals surface area contributed by atoms with E-state index < -0.39 is 0 Å². The third-order valence-corrected chi connectivity index (χ3v) is 1.30. The topological polar surface area (TPSA) is 84.8 Å². The smallest absolute Gasteiger partial charge is 0.317 e. The molecule has 0 aliphatic rings. The first-order chi connectivity index (χ1) is 6.26. The van der Waals surface area contributed by atoms with E-state index in [-0.39, 0.29) is 6.01 Å². The molecule has 0 fully saturated rings. The summed E-state index contributed by atoms with van der Waals surface area (Å²) < 4.78 is 5.08. The Morgan fingerprint density at radius 1 is 1.62 bits per heavy atom. The Labute approximate surface area is 76.2 Å². The number of nitriles is 1. The van der Waals surface area contributed by atoms with Crippen LogP contribution in [0, 0.1) is 18.3 Å². The summed E-state index contributed by atoms with van der Waals surface area (Å²) in [5.74, 6) is 0. The van der Waals surface area contributed by atoms with E-state index in [9.17, 15) is 0 Å². The fourth-order valence-corrected chi connectivity index (χ4v) is 0.813. The highest BCUT2D eigenvalue weighted by Crippen LogP contribution is 2.05. The average molecular weight is 178 g/mol. The molecule has 5 nitrogen and oxygen atoms in total. The summed E-state index contributed by atoms with van der Waals surface area (Å²) in [6, 6.07) is 3.72. The molecule has 1 heterocycles. The van der Waals surface area contributed by atoms with Crippen LogP contribution in [-0.2, 0) is 0 Å². The zero-order valence-corrected chi connectivity index (χ0v) is 7.32. The third kappa shape index (κ3) is 2.69. The highest BCUT2D eigenvalue weighted by atomic mass is 16.5. The van der Waals surface area contributed by atoms with Gasteiger partial charge >= 0.3 is 6.01 Å². The van der Waals surface area contributed by atoms with Gasteiger partial charge in [-0.15, -0.1) is 0 Å². The lowest BCUT2D eigenvalue weighted by Gasteiger charge is -2.02. The summed E-state index contributed by atoms with van der Waals surface area (Å²) in [4.78, 5) is 7.82. The molecular formula is C8H10N4O. The first-order valence-corrected chi connectivity index (χ1v) is 3.85. The maximum Gasteiger partial charge on any atom is 0.317 e. The van der Waals surface area contributed by atoms with Crippen molar-refractivity contribution in [1.29, 1.82) is 5.26 Å². The van der Waals surface area contributed by atoms with Gasteiger partial charge in [0.2, 0.25) is 0 Å². The van der Waals surface area contributed by atoms with Crippen molar-refractivity contribution in [3.05, 3.63) is 17.5 Å². The molecule has 0 radical (unpaired) electrons. The molecule has 0 aliphatic carbocycles. The Balaban J connectivity index is 2.83. The van der Waals surface area contributed by atoms with Crippen LogP contribution in [0.5, 0.6) is 6.01 Å². The number of ether oxygens (including phenoxy) is 1. The zero-order valence-electron chi connectivity index (χ0n) is 7.32. The summed E-state index contributed by atoms with van der Waals surface area (Å²) in [5.41, 5.74) is 6.25. The minimum atomic E-state index is 0.210. The Morgan fingerprint density at radius 2 is 2.38 bits per heavy atom. The van der Waals surface area contributed by atoms with Crippen molar-refractivity contribution in [2.24, 2.45) is 5.73 Å². The van der Waals surface area contributed by atoms with Gasteiger partial charge in [0.15, 0.2) is 0 Å². The Bertz CT molecular complexity index is 331. The summed E-state index contributed by atoms with van der Waals surface area (Å²) >= 11 is 0. The molecular weight excluding hydrogens is 168 g/mol. The highest BCUT2D eigenvalue weighted by Gasteiger charge is 2.01. The van der Waals surface area contributed by atoms with Gasteiger partial charge in [0.1, 0.15) is 18.4 Å². The van der Waals surface area contributed by atoms with Gasteiger partial charge in [-0.05, 0) is 13.0 Å².